The maximum Gasteiger partial charge on any atom is 0.211 e. The fourth-order valence-corrected chi connectivity index (χ4v) is 3.86. The first kappa shape index (κ1) is 17.6. The summed E-state index contributed by atoms with van der Waals surface area (Å²) in [5.41, 5.74) is 4.70. The van der Waals surface area contributed by atoms with Crippen molar-refractivity contribution >= 4 is 29.4 Å². The van der Waals surface area contributed by atoms with Crippen LogP contribution in [0.1, 0.15) is 24.5 Å². The molecule has 0 unspecified atom stereocenters. The van der Waals surface area contributed by atoms with Crippen LogP contribution in [-0.4, -0.2) is 29.7 Å². The number of hydrogen-bond donors (Lipinski definition) is 2. The SMILES string of the molecule is O=CNc1c(-c2ccc(Cl)cc2)n[nH]c1C1CCN(c2ccccc2)CC1. The standard InChI is InChI=1S/C21H21ClN4O/c22-17-8-6-15(7-9-17)19-21(23-14-27)20(25-24-19)16-10-12-26(13-11-16)18-4-2-1-3-5-18/h1-9,14,16H,10-13H2,(H,23,27)(H,24,25). The molecule has 2 aromatic carbocycles. The maximum atomic E-state index is 11.2. The average Bonchev–Trinajstić information content (AvgIpc) is 3.13. The summed E-state index contributed by atoms with van der Waals surface area (Å²) in [5, 5.41) is 11.2. The van der Waals surface area contributed by atoms with Crippen molar-refractivity contribution in [2.45, 2.75) is 18.8 Å². The number of carbonyl (C=O) groups is 1. The van der Waals surface area contributed by atoms with Gasteiger partial charge < -0.3 is 10.2 Å². The van der Waals surface area contributed by atoms with E-state index in [9.17, 15) is 4.79 Å². The molecule has 6 heteroatoms. The summed E-state index contributed by atoms with van der Waals surface area (Å²) in [6.07, 6.45) is 2.72. The second kappa shape index (κ2) is 7.84. The van der Waals surface area contributed by atoms with Gasteiger partial charge in [0.1, 0.15) is 5.69 Å². The Morgan fingerprint density at radius 2 is 1.78 bits per heavy atom. The molecule has 4 rings (SSSR count). The highest BCUT2D eigenvalue weighted by atomic mass is 35.5. The number of halogens is 1. The van der Waals surface area contributed by atoms with Gasteiger partial charge in [-0.3, -0.25) is 9.89 Å². The number of nitrogens with zero attached hydrogens (tertiary/aromatic N) is 2. The Labute approximate surface area is 163 Å². The molecule has 1 aromatic heterocycles. The van der Waals surface area contributed by atoms with Crippen LogP contribution in [0.25, 0.3) is 11.3 Å². The minimum absolute atomic E-state index is 0.334. The van der Waals surface area contributed by atoms with Gasteiger partial charge in [-0.05, 0) is 37.1 Å². The molecule has 1 saturated heterocycles. The fraction of sp³-hybridized carbons (Fsp3) is 0.238. The maximum absolute atomic E-state index is 11.2. The Hall–Kier alpha value is -2.79. The Kier molecular flexibility index (Phi) is 5.12. The largest absolute Gasteiger partial charge is 0.371 e. The van der Waals surface area contributed by atoms with E-state index in [1.807, 2.05) is 30.3 Å². The number of para-hydroxylation sites is 1. The highest BCUT2D eigenvalue weighted by Gasteiger charge is 2.26. The zero-order valence-electron chi connectivity index (χ0n) is 14.9. The molecule has 1 aliphatic rings. The zero-order valence-corrected chi connectivity index (χ0v) is 15.6. The van der Waals surface area contributed by atoms with Crippen molar-refractivity contribution in [1.29, 1.82) is 0 Å². The normalized spacial score (nSPS) is 14.9. The monoisotopic (exact) mass is 380 g/mol. The number of amides is 1. The van der Waals surface area contributed by atoms with E-state index in [1.165, 1.54) is 5.69 Å². The van der Waals surface area contributed by atoms with Gasteiger partial charge in [0.15, 0.2) is 0 Å². The second-order valence-corrected chi connectivity index (χ2v) is 7.16. The van der Waals surface area contributed by atoms with Crippen molar-refractivity contribution in [2.75, 3.05) is 23.3 Å². The van der Waals surface area contributed by atoms with Crippen LogP contribution < -0.4 is 10.2 Å². The molecular weight excluding hydrogens is 360 g/mol. The lowest BCUT2D eigenvalue weighted by molar-refractivity contribution is -0.105. The van der Waals surface area contributed by atoms with Crippen LogP contribution in [0.2, 0.25) is 5.02 Å². The Balaban J connectivity index is 1.56. The first-order valence-electron chi connectivity index (χ1n) is 9.10. The number of carbonyl (C=O) groups excluding carboxylic acids is 1. The number of nitrogens with one attached hydrogen (secondary N) is 2. The first-order chi connectivity index (χ1) is 13.3. The number of anilines is 2. The highest BCUT2D eigenvalue weighted by Crippen LogP contribution is 2.38. The van der Waals surface area contributed by atoms with E-state index in [4.69, 9.17) is 11.6 Å². The van der Waals surface area contributed by atoms with Gasteiger partial charge in [-0.2, -0.15) is 5.10 Å². The minimum Gasteiger partial charge on any atom is -0.371 e. The molecule has 1 fully saturated rings. The quantitative estimate of drug-likeness (QED) is 0.631. The van der Waals surface area contributed by atoms with Crippen molar-refractivity contribution in [3.05, 3.63) is 65.3 Å². The third kappa shape index (κ3) is 3.69. The molecule has 138 valence electrons. The van der Waals surface area contributed by atoms with Crippen molar-refractivity contribution < 1.29 is 4.79 Å². The number of rotatable bonds is 5. The van der Waals surface area contributed by atoms with Gasteiger partial charge >= 0.3 is 0 Å². The number of benzene rings is 2. The van der Waals surface area contributed by atoms with Crippen LogP contribution in [-0.2, 0) is 4.79 Å². The Morgan fingerprint density at radius 1 is 1.07 bits per heavy atom. The smallest absolute Gasteiger partial charge is 0.211 e. The van der Waals surface area contributed by atoms with Gasteiger partial charge in [-0.25, -0.2) is 0 Å². The van der Waals surface area contributed by atoms with E-state index in [-0.39, 0.29) is 0 Å². The van der Waals surface area contributed by atoms with Gasteiger partial charge in [0.2, 0.25) is 6.41 Å². The molecule has 0 saturated carbocycles. The first-order valence-corrected chi connectivity index (χ1v) is 9.48. The van der Waals surface area contributed by atoms with Gasteiger partial charge in [-0.15, -0.1) is 0 Å². The number of aromatic amines is 1. The molecular formula is C21H21ClN4O. The van der Waals surface area contributed by atoms with Crippen LogP contribution in [0.3, 0.4) is 0 Å². The molecule has 2 N–H and O–H groups in total. The molecule has 5 nitrogen and oxygen atoms in total. The predicted molar refractivity (Wildman–Crippen MR) is 109 cm³/mol. The lowest BCUT2D eigenvalue weighted by Gasteiger charge is -2.33. The second-order valence-electron chi connectivity index (χ2n) is 6.73. The average molecular weight is 381 g/mol. The van der Waals surface area contributed by atoms with Crippen molar-refractivity contribution in [1.82, 2.24) is 10.2 Å². The number of aromatic nitrogens is 2. The summed E-state index contributed by atoms with van der Waals surface area (Å²) in [6.45, 7) is 1.95. The molecule has 1 amide bonds. The van der Waals surface area contributed by atoms with Crippen LogP contribution in [0, 0.1) is 0 Å². The fourth-order valence-electron chi connectivity index (χ4n) is 3.74. The van der Waals surface area contributed by atoms with Gasteiger partial charge in [-0.1, -0.05) is 41.9 Å². The van der Waals surface area contributed by atoms with Crippen molar-refractivity contribution in [2.24, 2.45) is 0 Å². The molecule has 0 aliphatic carbocycles. The van der Waals surface area contributed by atoms with E-state index in [1.54, 1.807) is 0 Å². The third-order valence-corrected chi connectivity index (χ3v) is 5.39. The van der Waals surface area contributed by atoms with Gasteiger partial charge in [0, 0.05) is 35.3 Å². The number of piperidine rings is 1. The van der Waals surface area contributed by atoms with E-state index < -0.39 is 0 Å². The minimum atomic E-state index is 0.334. The number of hydrogen-bond acceptors (Lipinski definition) is 3. The summed E-state index contributed by atoms with van der Waals surface area (Å²) < 4.78 is 0. The lowest BCUT2D eigenvalue weighted by atomic mass is 9.91. The predicted octanol–water partition coefficient (Wildman–Crippen LogP) is 4.68. The summed E-state index contributed by atoms with van der Waals surface area (Å²) >= 11 is 5.99. The Morgan fingerprint density at radius 3 is 2.44 bits per heavy atom. The van der Waals surface area contributed by atoms with E-state index >= 15 is 0 Å². The molecule has 3 aromatic rings. The van der Waals surface area contributed by atoms with Gasteiger partial charge in [0.05, 0.1) is 11.4 Å². The summed E-state index contributed by atoms with van der Waals surface area (Å²) in [4.78, 5) is 13.6. The molecule has 0 radical (unpaired) electrons. The summed E-state index contributed by atoms with van der Waals surface area (Å²) in [7, 11) is 0. The van der Waals surface area contributed by atoms with Crippen LogP contribution in [0.5, 0.6) is 0 Å². The molecule has 27 heavy (non-hydrogen) atoms. The van der Waals surface area contributed by atoms with E-state index in [0.717, 1.165) is 48.6 Å². The van der Waals surface area contributed by atoms with Crippen LogP contribution in [0.15, 0.2) is 54.6 Å². The van der Waals surface area contributed by atoms with Crippen molar-refractivity contribution in [3.8, 4) is 11.3 Å². The lowest BCUT2D eigenvalue weighted by Crippen LogP contribution is -2.33. The van der Waals surface area contributed by atoms with Crippen LogP contribution >= 0.6 is 11.6 Å². The number of H-pyrrole nitrogens is 1. The van der Waals surface area contributed by atoms with E-state index in [0.29, 0.717) is 17.4 Å². The van der Waals surface area contributed by atoms with Gasteiger partial charge in [0.25, 0.3) is 0 Å². The molecule has 2 heterocycles. The van der Waals surface area contributed by atoms with Crippen LogP contribution in [0.4, 0.5) is 11.4 Å². The topological polar surface area (TPSA) is 61.0 Å². The molecule has 1 aliphatic heterocycles. The summed E-state index contributed by atoms with van der Waals surface area (Å²) in [5.74, 6) is 0.334. The molecule has 0 bridgehead atoms. The summed E-state index contributed by atoms with van der Waals surface area (Å²) in [6, 6.07) is 18.0. The van der Waals surface area contributed by atoms with E-state index in [2.05, 4.69) is 44.7 Å². The molecule has 0 atom stereocenters. The molecule has 0 spiro atoms. The van der Waals surface area contributed by atoms with Crippen molar-refractivity contribution in [3.63, 3.8) is 0 Å². The Bertz CT molecular complexity index is 900. The highest BCUT2D eigenvalue weighted by molar-refractivity contribution is 6.30. The third-order valence-electron chi connectivity index (χ3n) is 5.14. The zero-order chi connectivity index (χ0) is 18.6.